The third-order valence-electron chi connectivity index (χ3n) is 5.82. The topological polar surface area (TPSA) is 56.0 Å². The molecular weight excluding hydrogens is 416 g/mol. The summed E-state index contributed by atoms with van der Waals surface area (Å²) < 4.78 is 2.50. The van der Waals surface area contributed by atoms with Crippen LogP contribution in [0, 0.1) is 10.1 Å². The highest BCUT2D eigenvalue weighted by Gasteiger charge is 2.18. The summed E-state index contributed by atoms with van der Waals surface area (Å²) in [6.07, 6.45) is 1.72. The highest BCUT2D eigenvalue weighted by molar-refractivity contribution is 7.26. The van der Waals surface area contributed by atoms with Gasteiger partial charge in [0, 0.05) is 38.0 Å². The van der Waals surface area contributed by atoms with Crippen LogP contribution < -0.4 is 0 Å². The van der Waals surface area contributed by atoms with Gasteiger partial charge in [-0.3, -0.25) is 15.1 Å². The molecule has 0 saturated heterocycles. The molecule has 0 atom stereocenters. The minimum Gasteiger partial charge on any atom is -0.258 e. The van der Waals surface area contributed by atoms with Crippen LogP contribution in [0.25, 0.3) is 53.3 Å². The summed E-state index contributed by atoms with van der Waals surface area (Å²) in [4.78, 5) is 15.8. The molecule has 0 bridgehead atoms. The Kier molecular flexibility index (Phi) is 4.23. The number of rotatable bonds is 3. The predicted molar refractivity (Wildman–Crippen MR) is 132 cm³/mol. The number of aromatic nitrogens is 1. The number of pyridine rings is 1. The third-order valence-corrected chi connectivity index (χ3v) is 7.04. The predicted octanol–water partition coefficient (Wildman–Crippen LogP) is 7.84. The molecule has 0 N–H and O–H groups in total. The molecule has 0 radical (unpaired) electrons. The Hall–Kier alpha value is -4.09. The first kappa shape index (κ1) is 18.7. The van der Waals surface area contributed by atoms with E-state index < -0.39 is 0 Å². The van der Waals surface area contributed by atoms with E-state index in [9.17, 15) is 10.1 Å². The second kappa shape index (κ2) is 7.25. The zero-order chi connectivity index (χ0) is 21.7. The molecule has 6 aromatic rings. The van der Waals surface area contributed by atoms with E-state index in [1.807, 2.05) is 36.4 Å². The zero-order valence-electron chi connectivity index (χ0n) is 16.9. The highest BCUT2D eigenvalue weighted by Crippen LogP contribution is 2.40. The fourth-order valence-corrected chi connectivity index (χ4v) is 5.54. The van der Waals surface area contributed by atoms with Crippen molar-refractivity contribution in [3.63, 3.8) is 0 Å². The van der Waals surface area contributed by atoms with E-state index >= 15 is 0 Å². The van der Waals surface area contributed by atoms with Gasteiger partial charge in [0.2, 0.25) is 0 Å². The summed E-state index contributed by atoms with van der Waals surface area (Å²) >= 11 is 1.78. The van der Waals surface area contributed by atoms with Crippen molar-refractivity contribution in [2.45, 2.75) is 0 Å². The minimum atomic E-state index is -0.323. The SMILES string of the molecule is O=[N+]([O-])c1ccc(-c2ccccn2)cc1-c1ccc2c(ccc3c4ccccc4sc23)c1. The molecule has 0 fully saturated rings. The molecule has 4 aromatic carbocycles. The van der Waals surface area contributed by atoms with Crippen molar-refractivity contribution in [3.8, 4) is 22.4 Å². The molecule has 0 aliphatic rings. The molecular formula is C27H16N2O2S. The number of nitro benzene ring substituents is 1. The van der Waals surface area contributed by atoms with Crippen LogP contribution in [0.1, 0.15) is 0 Å². The summed E-state index contributed by atoms with van der Waals surface area (Å²) in [7, 11) is 0. The average Bonchev–Trinajstić information content (AvgIpc) is 3.23. The van der Waals surface area contributed by atoms with Crippen molar-refractivity contribution in [1.29, 1.82) is 0 Å². The van der Waals surface area contributed by atoms with Crippen molar-refractivity contribution >= 4 is 48.0 Å². The van der Waals surface area contributed by atoms with Gasteiger partial charge < -0.3 is 0 Å². The van der Waals surface area contributed by atoms with Crippen LogP contribution >= 0.6 is 11.3 Å². The number of benzene rings is 4. The van der Waals surface area contributed by atoms with Gasteiger partial charge >= 0.3 is 0 Å². The Morgan fingerprint density at radius 1 is 0.750 bits per heavy atom. The van der Waals surface area contributed by atoms with Gasteiger partial charge in [0.05, 0.1) is 16.2 Å². The van der Waals surface area contributed by atoms with E-state index in [1.54, 1.807) is 29.7 Å². The van der Waals surface area contributed by atoms with Crippen LogP contribution in [-0.2, 0) is 0 Å². The van der Waals surface area contributed by atoms with Crippen molar-refractivity contribution < 1.29 is 4.92 Å². The summed E-state index contributed by atoms with van der Waals surface area (Å²) in [6, 6.07) is 29.7. The number of hydrogen-bond donors (Lipinski definition) is 0. The highest BCUT2D eigenvalue weighted by atomic mass is 32.1. The van der Waals surface area contributed by atoms with E-state index in [-0.39, 0.29) is 10.6 Å². The molecule has 2 heterocycles. The second-order valence-corrected chi connectivity index (χ2v) is 8.73. The van der Waals surface area contributed by atoms with E-state index in [1.165, 1.54) is 20.2 Å². The Morgan fingerprint density at radius 2 is 1.56 bits per heavy atom. The summed E-state index contributed by atoms with van der Waals surface area (Å²) in [6.45, 7) is 0. The van der Waals surface area contributed by atoms with E-state index in [2.05, 4.69) is 47.4 Å². The first-order valence-corrected chi connectivity index (χ1v) is 11.0. The standard InChI is InChI=1S/C27H16N2O2S/c30-29(31)25-13-10-19(24-6-3-4-14-28-24)16-23(25)18-8-11-20-17(15-18)9-12-22-21-5-1-2-7-26(21)32-27(20)22/h1-16H. The van der Waals surface area contributed by atoms with Crippen LogP contribution in [0.4, 0.5) is 5.69 Å². The maximum Gasteiger partial charge on any atom is 0.277 e. The lowest BCUT2D eigenvalue weighted by atomic mass is 9.96. The average molecular weight is 433 g/mol. The molecule has 152 valence electrons. The summed E-state index contributed by atoms with van der Waals surface area (Å²) in [5.41, 5.74) is 3.15. The first-order chi connectivity index (χ1) is 15.7. The van der Waals surface area contributed by atoms with Crippen molar-refractivity contribution in [2.24, 2.45) is 0 Å². The number of thiophene rings is 1. The molecule has 6 rings (SSSR count). The van der Waals surface area contributed by atoms with Gasteiger partial charge in [0.1, 0.15) is 0 Å². The monoisotopic (exact) mass is 432 g/mol. The number of nitrogens with zero attached hydrogens (tertiary/aromatic N) is 2. The summed E-state index contributed by atoms with van der Waals surface area (Å²) in [5, 5.41) is 16.5. The quantitative estimate of drug-likeness (QED) is 0.211. The maximum atomic E-state index is 11.8. The fourth-order valence-electron chi connectivity index (χ4n) is 4.30. The number of fused-ring (bicyclic) bond motifs is 5. The molecule has 0 aliphatic heterocycles. The molecule has 0 saturated carbocycles. The normalized spacial score (nSPS) is 11.4. The van der Waals surface area contributed by atoms with Gasteiger partial charge in [-0.2, -0.15) is 0 Å². The van der Waals surface area contributed by atoms with Gasteiger partial charge in [-0.25, -0.2) is 0 Å². The maximum absolute atomic E-state index is 11.8. The van der Waals surface area contributed by atoms with Gasteiger partial charge in [-0.05, 0) is 52.7 Å². The van der Waals surface area contributed by atoms with Gasteiger partial charge in [0.25, 0.3) is 5.69 Å². The number of nitro groups is 1. The molecule has 0 spiro atoms. The lowest BCUT2D eigenvalue weighted by Crippen LogP contribution is -1.93. The Bertz CT molecular complexity index is 1660. The molecule has 2 aromatic heterocycles. The van der Waals surface area contributed by atoms with Crippen LogP contribution in [0.3, 0.4) is 0 Å². The molecule has 0 amide bonds. The first-order valence-electron chi connectivity index (χ1n) is 10.2. The molecule has 0 aliphatic carbocycles. The molecule has 4 nitrogen and oxygen atoms in total. The van der Waals surface area contributed by atoms with Crippen molar-refractivity contribution in [1.82, 2.24) is 4.98 Å². The van der Waals surface area contributed by atoms with Crippen LogP contribution in [0.5, 0.6) is 0 Å². The van der Waals surface area contributed by atoms with Crippen LogP contribution in [0.2, 0.25) is 0 Å². The second-order valence-electron chi connectivity index (χ2n) is 7.68. The Morgan fingerprint density at radius 3 is 2.41 bits per heavy atom. The lowest BCUT2D eigenvalue weighted by Gasteiger charge is -2.09. The van der Waals surface area contributed by atoms with E-state index in [0.29, 0.717) is 5.56 Å². The van der Waals surface area contributed by atoms with Crippen LogP contribution in [0.15, 0.2) is 97.2 Å². The zero-order valence-corrected chi connectivity index (χ0v) is 17.7. The van der Waals surface area contributed by atoms with E-state index in [0.717, 1.165) is 27.6 Å². The largest absolute Gasteiger partial charge is 0.277 e. The Balaban J connectivity index is 1.56. The lowest BCUT2D eigenvalue weighted by molar-refractivity contribution is -0.384. The molecule has 32 heavy (non-hydrogen) atoms. The fraction of sp³-hybridized carbons (Fsp3) is 0. The van der Waals surface area contributed by atoms with Crippen molar-refractivity contribution in [3.05, 3.63) is 107 Å². The Labute approximate surface area is 187 Å². The van der Waals surface area contributed by atoms with Gasteiger partial charge in [-0.15, -0.1) is 11.3 Å². The molecule has 5 heteroatoms. The smallest absolute Gasteiger partial charge is 0.258 e. The summed E-state index contributed by atoms with van der Waals surface area (Å²) in [5.74, 6) is 0. The van der Waals surface area contributed by atoms with Gasteiger partial charge in [-0.1, -0.05) is 48.5 Å². The van der Waals surface area contributed by atoms with E-state index in [4.69, 9.17) is 0 Å². The van der Waals surface area contributed by atoms with Crippen molar-refractivity contribution in [2.75, 3.05) is 0 Å². The number of hydrogen-bond acceptors (Lipinski definition) is 4. The van der Waals surface area contributed by atoms with Gasteiger partial charge in [0.15, 0.2) is 0 Å². The van der Waals surface area contributed by atoms with Crippen LogP contribution in [-0.4, -0.2) is 9.91 Å². The third kappa shape index (κ3) is 2.94. The molecule has 0 unspecified atom stereocenters. The minimum absolute atomic E-state index is 0.0898.